The molecule has 1 saturated heterocycles. The Bertz CT molecular complexity index is 1420. The number of imidazole rings is 1. The fourth-order valence-corrected chi connectivity index (χ4v) is 6.85. The summed E-state index contributed by atoms with van der Waals surface area (Å²) in [4.78, 5) is 45.4. The van der Waals surface area contributed by atoms with E-state index in [4.69, 9.17) is 16.3 Å². The molecule has 5 rings (SSSR count). The van der Waals surface area contributed by atoms with E-state index in [1.807, 2.05) is 54.6 Å². The maximum atomic E-state index is 14.2. The van der Waals surface area contributed by atoms with E-state index >= 15 is 0 Å². The highest BCUT2D eigenvalue weighted by atomic mass is 35.5. The number of hydrogen-bond acceptors (Lipinski definition) is 5. The zero-order chi connectivity index (χ0) is 30.3. The lowest BCUT2D eigenvalue weighted by molar-refractivity contribution is -0.155. The summed E-state index contributed by atoms with van der Waals surface area (Å²) >= 11 is 6.22. The van der Waals surface area contributed by atoms with Crippen LogP contribution in [-0.4, -0.2) is 50.0 Å². The molecule has 1 aliphatic heterocycles. The minimum absolute atomic E-state index is 0.00424. The summed E-state index contributed by atoms with van der Waals surface area (Å²) in [6.07, 6.45) is 8.00. The van der Waals surface area contributed by atoms with Gasteiger partial charge >= 0.3 is 11.9 Å². The number of carboxylic acid groups (broad SMARTS) is 1. The highest BCUT2D eigenvalue weighted by Crippen LogP contribution is 2.40. The molecule has 0 bridgehead atoms. The molecule has 1 saturated carbocycles. The molecule has 8 nitrogen and oxygen atoms in total. The van der Waals surface area contributed by atoms with Crippen LogP contribution in [0.25, 0.3) is 0 Å². The molecule has 2 heterocycles. The smallest absolute Gasteiger partial charge is 0.355 e. The number of halogens is 1. The molecule has 2 atom stereocenters. The normalized spacial score (nSPS) is 17.7. The number of esters is 1. The van der Waals surface area contributed by atoms with Gasteiger partial charge in [0.05, 0.1) is 5.92 Å². The van der Waals surface area contributed by atoms with Crippen molar-refractivity contribution in [2.24, 2.45) is 5.92 Å². The molecule has 228 valence electrons. The summed E-state index contributed by atoms with van der Waals surface area (Å²) in [7, 11) is 0. The highest BCUT2D eigenvalue weighted by Gasteiger charge is 2.41. The van der Waals surface area contributed by atoms with Gasteiger partial charge in [-0.2, -0.15) is 0 Å². The third-order valence-corrected chi connectivity index (χ3v) is 9.07. The third kappa shape index (κ3) is 7.12. The standard InChI is InChI=1S/C34H40ClN3O5/c1-2-3-15-28-36-31(35)30(33(40)41)38(28)21-23-16-18-26(19-17-23)29(25-12-7-8-13-25)32(39)37-20-9-14-27(37)34(42)43-22-24-10-5-4-6-11-24/h4-6,10-11,16-19,25,27,29H,2-3,7-9,12-15,20-22H2,1H3,(H,40,41). The van der Waals surface area contributed by atoms with Gasteiger partial charge < -0.3 is 19.3 Å². The van der Waals surface area contributed by atoms with Gasteiger partial charge in [-0.1, -0.05) is 92.4 Å². The van der Waals surface area contributed by atoms with Crippen molar-refractivity contribution < 1.29 is 24.2 Å². The molecule has 9 heteroatoms. The fraction of sp³-hybridized carbons (Fsp3) is 0.471. The van der Waals surface area contributed by atoms with Gasteiger partial charge in [0, 0.05) is 19.5 Å². The minimum atomic E-state index is -1.11. The van der Waals surface area contributed by atoms with Crippen LogP contribution in [0.5, 0.6) is 0 Å². The molecule has 3 aromatic rings. The molecule has 0 spiro atoms. The van der Waals surface area contributed by atoms with Gasteiger partial charge in [-0.15, -0.1) is 0 Å². The lowest BCUT2D eigenvalue weighted by Gasteiger charge is -2.31. The van der Waals surface area contributed by atoms with Crippen LogP contribution in [0.2, 0.25) is 5.15 Å². The number of aryl methyl sites for hydroxylation is 1. The average molecular weight is 606 g/mol. The molecular formula is C34H40ClN3O5. The Balaban J connectivity index is 1.34. The lowest BCUT2D eigenvalue weighted by Crippen LogP contribution is -2.44. The summed E-state index contributed by atoms with van der Waals surface area (Å²) in [5, 5.41) is 9.80. The Hall–Kier alpha value is -3.65. The Kier molecular flexibility index (Phi) is 10.2. The number of aromatic nitrogens is 2. The largest absolute Gasteiger partial charge is 0.476 e. The van der Waals surface area contributed by atoms with Crippen molar-refractivity contribution in [2.45, 2.75) is 89.8 Å². The summed E-state index contributed by atoms with van der Waals surface area (Å²) < 4.78 is 7.33. The Morgan fingerprint density at radius 3 is 2.40 bits per heavy atom. The van der Waals surface area contributed by atoms with Gasteiger partial charge in [-0.3, -0.25) is 4.79 Å². The van der Waals surface area contributed by atoms with E-state index < -0.39 is 12.0 Å². The summed E-state index contributed by atoms with van der Waals surface area (Å²) in [5.74, 6) is -0.918. The SMILES string of the molecule is CCCCc1nc(Cl)c(C(=O)O)n1Cc1ccc(C(C(=O)N2CCCC2C(=O)OCc2ccccc2)C2CCCC2)cc1. The van der Waals surface area contributed by atoms with Gasteiger partial charge in [0.25, 0.3) is 0 Å². The van der Waals surface area contributed by atoms with E-state index in [-0.39, 0.29) is 41.2 Å². The first kappa shape index (κ1) is 30.8. The second-order valence-corrected chi connectivity index (χ2v) is 12.1. The van der Waals surface area contributed by atoms with E-state index in [0.717, 1.165) is 61.6 Å². The number of amides is 1. The molecule has 2 unspecified atom stereocenters. The molecule has 2 aliphatic rings. The second kappa shape index (κ2) is 14.2. The monoisotopic (exact) mass is 605 g/mol. The van der Waals surface area contributed by atoms with Crippen LogP contribution in [0.3, 0.4) is 0 Å². The zero-order valence-electron chi connectivity index (χ0n) is 24.7. The van der Waals surface area contributed by atoms with Crippen molar-refractivity contribution in [3.8, 4) is 0 Å². The molecule has 1 aromatic heterocycles. The van der Waals surface area contributed by atoms with Crippen molar-refractivity contribution in [1.29, 1.82) is 0 Å². The van der Waals surface area contributed by atoms with Crippen LogP contribution in [0.1, 0.15) is 97.2 Å². The first-order chi connectivity index (χ1) is 20.9. The van der Waals surface area contributed by atoms with Crippen LogP contribution in [0.15, 0.2) is 54.6 Å². The molecule has 1 N–H and O–H groups in total. The van der Waals surface area contributed by atoms with Gasteiger partial charge in [0.1, 0.15) is 18.5 Å². The number of likely N-dealkylation sites (tertiary alicyclic amines) is 1. The van der Waals surface area contributed by atoms with Crippen molar-refractivity contribution >= 4 is 29.4 Å². The van der Waals surface area contributed by atoms with Crippen LogP contribution in [-0.2, 0) is 33.9 Å². The average Bonchev–Trinajstić information content (AvgIpc) is 3.77. The molecule has 1 amide bonds. The van der Waals surface area contributed by atoms with Crippen molar-refractivity contribution in [3.63, 3.8) is 0 Å². The molecule has 2 aromatic carbocycles. The number of aromatic carboxylic acids is 1. The zero-order valence-corrected chi connectivity index (χ0v) is 25.5. The quantitative estimate of drug-likeness (QED) is 0.232. The molecular weight excluding hydrogens is 566 g/mol. The minimum Gasteiger partial charge on any atom is -0.476 e. The van der Waals surface area contributed by atoms with Crippen LogP contribution in [0.4, 0.5) is 0 Å². The number of hydrogen-bond donors (Lipinski definition) is 1. The van der Waals surface area contributed by atoms with Gasteiger partial charge in [0.2, 0.25) is 5.91 Å². The Morgan fingerprint density at radius 1 is 1.00 bits per heavy atom. The molecule has 0 radical (unpaired) electrons. The maximum absolute atomic E-state index is 14.2. The number of rotatable bonds is 12. The van der Waals surface area contributed by atoms with Gasteiger partial charge in [0.15, 0.2) is 10.8 Å². The first-order valence-corrected chi connectivity index (χ1v) is 15.8. The molecule has 2 fully saturated rings. The third-order valence-electron chi connectivity index (χ3n) is 8.81. The van der Waals surface area contributed by atoms with E-state index in [0.29, 0.717) is 31.8 Å². The fourth-order valence-electron chi connectivity index (χ4n) is 6.57. The van der Waals surface area contributed by atoms with Crippen molar-refractivity contribution in [2.75, 3.05) is 6.54 Å². The Morgan fingerprint density at radius 2 is 1.72 bits per heavy atom. The predicted molar refractivity (Wildman–Crippen MR) is 164 cm³/mol. The number of benzene rings is 2. The second-order valence-electron chi connectivity index (χ2n) is 11.7. The number of ether oxygens (including phenoxy) is 1. The van der Waals surface area contributed by atoms with E-state index in [9.17, 15) is 19.5 Å². The van der Waals surface area contributed by atoms with Crippen molar-refractivity contribution in [3.05, 3.63) is 88.0 Å². The summed E-state index contributed by atoms with van der Waals surface area (Å²) in [6.45, 7) is 3.14. The van der Waals surface area contributed by atoms with Crippen LogP contribution < -0.4 is 0 Å². The first-order valence-electron chi connectivity index (χ1n) is 15.5. The number of carboxylic acids is 1. The number of unbranched alkanes of at least 4 members (excludes halogenated alkanes) is 1. The summed E-state index contributed by atoms with van der Waals surface area (Å²) in [6, 6.07) is 16.9. The molecule has 1 aliphatic carbocycles. The molecule has 43 heavy (non-hydrogen) atoms. The van der Waals surface area contributed by atoms with Gasteiger partial charge in [-0.25, -0.2) is 14.6 Å². The number of carbonyl (C=O) groups is 3. The highest BCUT2D eigenvalue weighted by molar-refractivity contribution is 6.32. The number of nitrogens with zero attached hydrogens (tertiary/aromatic N) is 3. The topological polar surface area (TPSA) is 102 Å². The van der Waals surface area contributed by atoms with Crippen LogP contribution >= 0.6 is 11.6 Å². The summed E-state index contributed by atoms with van der Waals surface area (Å²) in [5.41, 5.74) is 2.74. The Labute approximate surface area is 258 Å². The van der Waals surface area contributed by atoms with E-state index in [2.05, 4.69) is 11.9 Å². The lowest BCUT2D eigenvalue weighted by atomic mass is 9.83. The van der Waals surface area contributed by atoms with Crippen LogP contribution in [0, 0.1) is 5.92 Å². The maximum Gasteiger partial charge on any atom is 0.355 e. The number of carbonyl (C=O) groups excluding carboxylic acids is 2. The van der Waals surface area contributed by atoms with Gasteiger partial charge in [-0.05, 0) is 54.7 Å². The van der Waals surface area contributed by atoms with E-state index in [1.54, 1.807) is 9.47 Å². The predicted octanol–water partition coefficient (Wildman–Crippen LogP) is 6.63. The van der Waals surface area contributed by atoms with E-state index in [1.165, 1.54) is 0 Å². The van der Waals surface area contributed by atoms with Crippen molar-refractivity contribution in [1.82, 2.24) is 14.5 Å².